The maximum absolute atomic E-state index is 13.0. The second-order valence-corrected chi connectivity index (χ2v) is 5.87. The lowest BCUT2D eigenvalue weighted by molar-refractivity contribution is -0.169. The number of halogens is 3. The molecular formula is C17H16F3N3O3. The first kappa shape index (κ1) is 18.0. The normalized spacial score (nSPS) is 17.3. The van der Waals surface area contributed by atoms with Crippen LogP contribution in [0.25, 0.3) is 0 Å². The Morgan fingerprint density at radius 2 is 2.04 bits per heavy atom. The molecule has 6 nitrogen and oxygen atoms in total. The van der Waals surface area contributed by atoms with Crippen LogP contribution in [0.4, 0.5) is 13.2 Å². The molecule has 2 heterocycles. The van der Waals surface area contributed by atoms with Gasteiger partial charge >= 0.3 is 6.18 Å². The summed E-state index contributed by atoms with van der Waals surface area (Å²) in [4.78, 5) is 31.5. The average molecular weight is 367 g/mol. The summed E-state index contributed by atoms with van der Waals surface area (Å²) in [6.45, 7) is -0.0794. The number of carbonyl (C=O) groups excluding carboxylic acids is 1. The van der Waals surface area contributed by atoms with E-state index in [1.165, 1.54) is 0 Å². The number of para-hydroxylation sites is 1. The fraction of sp³-hybridized carbons (Fsp3) is 0.353. The zero-order chi connectivity index (χ0) is 18.7. The molecule has 1 fully saturated rings. The van der Waals surface area contributed by atoms with Crippen molar-refractivity contribution >= 4 is 5.91 Å². The van der Waals surface area contributed by atoms with Gasteiger partial charge in [0.15, 0.2) is 0 Å². The number of alkyl halides is 3. The highest BCUT2D eigenvalue weighted by Crippen LogP contribution is 2.33. The molecule has 1 saturated heterocycles. The molecule has 1 aromatic heterocycles. The molecule has 0 radical (unpaired) electrons. The molecule has 1 aliphatic heterocycles. The number of benzene rings is 1. The molecule has 0 spiro atoms. The highest BCUT2D eigenvalue weighted by atomic mass is 19.4. The van der Waals surface area contributed by atoms with Crippen molar-refractivity contribution in [1.29, 1.82) is 0 Å². The molecule has 1 unspecified atom stereocenters. The van der Waals surface area contributed by atoms with E-state index in [1.807, 2.05) is 6.07 Å². The Labute approximate surface area is 146 Å². The summed E-state index contributed by atoms with van der Waals surface area (Å²) >= 11 is 0. The molecule has 9 heteroatoms. The number of hydrogen-bond donors (Lipinski definition) is 1. The molecule has 0 bridgehead atoms. The summed E-state index contributed by atoms with van der Waals surface area (Å²) in [7, 11) is 0. The van der Waals surface area contributed by atoms with Gasteiger partial charge in [-0.15, -0.1) is 0 Å². The number of H-pyrrole nitrogens is 1. The second-order valence-electron chi connectivity index (χ2n) is 5.87. The number of nitrogens with one attached hydrogen (secondary N) is 1. The van der Waals surface area contributed by atoms with Crippen LogP contribution in [0.5, 0.6) is 5.75 Å². The Hall–Kier alpha value is -2.84. The van der Waals surface area contributed by atoms with Gasteiger partial charge in [0.2, 0.25) is 0 Å². The van der Waals surface area contributed by atoms with Crippen LogP contribution in [0.2, 0.25) is 0 Å². The van der Waals surface area contributed by atoms with Crippen LogP contribution in [-0.4, -0.2) is 39.5 Å². The van der Waals surface area contributed by atoms with E-state index in [0.717, 1.165) is 6.20 Å². The van der Waals surface area contributed by atoms with Crippen LogP contribution in [0.15, 0.2) is 41.3 Å². The van der Waals surface area contributed by atoms with Crippen LogP contribution in [-0.2, 0) is 6.61 Å². The number of nitrogens with zero attached hydrogens (tertiary/aromatic N) is 2. The van der Waals surface area contributed by atoms with Gasteiger partial charge in [0, 0.05) is 12.7 Å². The van der Waals surface area contributed by atoms with E-state index in [2.05, 4.69) is 9.97 Å². The van der Waals surface area contributed by atoms with Gasteiger partial charge in [-0.2, -0.15) is 13.2 Å². The Kier molecular flexibility index (Phi) is 4.97. The largest absolute Gasteiger partial charge is 0.486 e. The second kappa shape index (κ2) is 7.19. The van der Waals surface area contributed by atoms with Gasteiger partial charge in [0.1, 0.15) is 29.8 Å². The quantitative estimate of drug-likeness (QED) is 0.901. The number of aromatic nitrogens is 2. The van der Waals surface area contributed by atoms with Crippen LogP contribution >= 0.6 is 0 Å². The van der Waals surface area contributed by atoms with E-state index in [1.54, 1.807) is 24.3 Å². The minimum Gasteiger partial charge on any atom is -0.486 e. The van der Waals surface area contributed by atoms with Gasteiger partial charge in [-0.1, -0.05) is 18.2 Å². The Bertz CT molecular complexity index is 836. The van der Waals surface area contributed by atoms with Gasteiger partial charge in [-0.05, 0) is 25.0 Å². The SMILES string of the molecule is O=C(c1cnc(COc2ccccc2)[nH]c1=O)N1CCCC1C(F)(F)F. The monoisotopic (exact) mass is 367 g/mol. The number of likely N-dealkylation sites (tertiary alicyclic amines) is 1. The van der Waals surface area contributed by atoms with Crippen LogP contribution in [0.3, 0.4) is 0 Å². The van der Waals surface area contributed by atoms with Gasteiger partial charge in [0.25, 0.3) is 11.5 Å². The number of amides is 1. The van der Waals surface area contributed by atoms with E-state index in [-0.39, 0.29) is 31.8 Å². The smallest absolute Gasteiger partial charge is 0.408 e. The third-order valence-electron chi connectivity index (χ3n) is 4.09. The minimum absolute atomic E-state index is 0.0391. The van der Waals surface area contributed by atoms with Crippen molar-refractivity contribution in [1.82, 2.24) is 14.9 Å². The molecule has 3 rings (SSSR count). The lowest BCUT2D eigenvalue weighted by Gasteiger charge is -2.26. The highest BCUT2D eigenvalue weighted by Gasteiger charge is 2.48. The zero-order valence-corrected chi connectivity index (χ0v) is 13.6. The number of hydrogen-bond acceptors (Lipinski definition) is 4. The number of ether oxygens (including phenoxy) is 1. The first-order chi connectivity index (χ1) is 12.4. The van der Waals surface area contributed by atoms with Crippen molar-refractivity contribution in [3.05, 3.63) is 58.3 Å². The molecule has 1 amide bonds. The fourth-order valence-corrected chi connectivity index (χ4v) is 2.83. The van der Waals surface area contributed by atoms with Crippen molar-refractivity contribution in [2.24, 2.45) is 0 Å². The Balaban J connectivity index is 1.73. The Morgan fingerprint density at radius 1 is 1.31 bits per heavy atom. The molecule has 1 N–H and O–H groups in total. The van der Waals surface area contributed by atoms with E-state index >= 15 is 0 Å². The number of carbonyl (C=O) groups is 1. The van der Waals surface area contributed by atoms with E-state index in [0.29, 0.717) is 10.6 Å². The summed E-state index contributed by atoms with van der Waals surface area (Å²) in [6.07, 6.45) is -3.44. The lowest BCUT2D eigenvalue weighted by atomic mass is 10.2. The fourth-order valence-electron chi connectivity index (χ4n) is 2.83. The van der Waals surface area contributed by atoms with E-state index < -0.39 is 29.2 Å². The summed E-state index contributed by atoms with van der Waals surface area (Å²) in [5.74, 6) is -0.223. The molecule has 0 saturated carbocycles. The minimum atomic E-state index is -4.52. The predicted molar refractivity (Wildman–Crippen MR) is 85.7 cm³/mol. The first-order valence-corrected chi connectivity index (χ1v) is 8.00. The van der Waals surface area contributed by atoms with Crippen LogP contribution in [0, 0.1) is 0 Å². The maximum Gasteiger partial charge on any atom is 0.408 e. The van der Waals surface area contributed by atoms with E-state index in [4.69, 9.17) is 4.74 Å². The predicted octanol–water partition coefficient (Wildman–Crippen LogP) is 2.52. The standard InChI is InChI=1S/C17H16F3N3O3/c18-17(19,20)13-7-4-8-23(13)16(25)12-9-21-14(22-15(12)24)10-26-11-5-2-1-3-6-11/h1-3,5-6,9,13H,4,7-8,10H2,(H,21,22,24). The summed E-state index contributed by atoms with van der Waals surface area (Å²) in [5.41, 5.74) is -1.20. The molecule has 1 aliphatic rings. The summed E-state index contributed by atoms with van der Waals surface area (Å²) in [5, 5.41) is 0. The van der Waals surface area contributed by atoms with Crippen molar-refractivity contribution in [2.45, 2.75) is 31.7 Å². The van der Waals surface area contributed by atoms with Crippen LogP contribution in [0.1, 0.15) is 29.0 Å². The molecule has 1 aromatic carbocycles. The van der Waals surface area contributed by atoms with Gasteiger partial charge in [-0.3, -0.25) is 9.59 Å². The molecule has 0 aliphatic carbocycles. The Morgan fingerprint density at radius 3 is 2.69 bits per heavy atom. The number of rotatable bonds is 4. The third-order valence-corrected chi connectivity index (χ3v) is 4.09. The highest BCUT2D eigenvalue weighted by molar-refractivity contribution is 5.94. The zero-order valence-electron chi connectivity index (χ0n) is 13.6. The molecule has 138 valence electrons. The average Bonchev–Trinajstić information content (AvgIpc) is 3.11. The summed E-state index contributed by atoms with van der Waals surface area (Å²) in [6, 6.07) is 6.96. The lowest BCUT2D eigenvalue weighted by Crippen LogP contribution is -2.46. The van der Waals surface area contributed by atoms with Gasteiger partial charge in [0.05, 0.1) is 0 Å². The van der Waals surface area contributed by atoms with Crippen molar-refractivity contribution in [3.63, 3.8) is 0 Å². The van der Waals surface area contributed by atoms with Crippen molar-refractivity contribution in [3.8, 4) is 5.75 Å². The molecule has 26 heavy (non-hydrogen) atoms. The van der Waals surface area contributed by atoms with Gasteiger partial charge in [-0.25, -0.2) is 4.98 Å². The van der Waals surface area contributed by atoms with Gasteiger partial charge < -0.3 is 14.6 Å². The topological polar surface area (TPSA) is 75.3 Å². The molecular weight excluding hydrogens is 351 g/mol. The molecule has 1 atom stereocenters. The summed E-state index contributed by atoms with van der Waals surface area (Å²) < 4.78 is 44.4. The maximum atomic E-state index is 13.0. The van der Waals surface area contributed by atoms with Crippen LogP contribution < -0.4 is 10.3 Å². The first-order valence-electron chi connectivity index (χ1n) is 8.00. The van der Waals surface area contributed by atoms with E-state index in [9.17, 15) is 22.8 Å². The van der Waals surface area contributed by atoms with Crippen molar-refractivity contribution in [2.75, 3.05) is 6.54 Å². The van der Waals surface area contributed by atoms with Crippen molar-refractivity contribution < 1.29 is 22.7 Å². The third kappa shape index (κ3) is 3.87. The number of aromatic amines is 1. The molecule has 2 aromatic rings.